The van der Waals surface area contributed by atoms with Crippen molar-refractivity contribution >= 4 is 34.5 Å². The molecule has 0 amide bonds. The van der Waals surface area contributed by atoms with Gasteiger partial charge in [0.05, 0.1) is 9.21 Å². The third-order valence-corrected chi connectivity index (χ3v) is 4.07. The Hall–Kier alpha value is -1.45. The summed E-state index contributed by atoms with van der Waals surface area (Å²) in [4.78, 5) is 24.4. The van der Waals surface area contributed by atoms with Crippen LogP contribution >= 0.6 is 22.9 Å². The molecule has 0 spiro atoms. The summed E-state index contributed by atoms with van der Waals surface area (Å²) in [5.41, 5.74) is 1.77. The van der Waals surface area contributed by atoms with Crippen LogP contribution in [0.15, 0.2) is 36.4 Å². The second-order valence-electron chi connectivity index (χ2n) is 4.32. The second kappa shape index (κ2) is 8.75. The third-order valence-electron chi connectivity index (χ3n) is 2.80. The van der Waals surface area contributed by atoms with E-state index in [1.165, 1.54) is 11.3 Å². The molecule has 2 aromatic rings. The van der Waals surface area contributed by atoms with Gasteiger partial charge in [-0.15, -0.1) is 11.3 Å². The van der Waals surface area contributed by atoms with E-state index in [1.54, 1.807) is 24.3 Å². The quantitative estimate of drug-likeness (QED) is 0.673. The fraction of sp³-hybridized carbons (Fsp3) is 0.294. The molecule has 0 aliphatic heterocycles. The number of hydrogen-bond acceptors (Lipinski definition) is 3. The highest BCUT2D eigenvalue weighted by Crippen LogP contribution is 2.23. The van der Waals surface area contributed by atoms with Crippen molar-refractivity contribution in [1.29, 1.82) is 0 Å². The molecule has 0 fully saturated rings. The molecule has 0 saturated carbocycles. The molecule has 0 aliphatic rings. The van der Waals surface area contributed by atoms with Gasteiger partial charge in [0.15, 0.2) is 11.6 Å². The number of aryl methyl sites for hydroxylation is 1. The Morgan fingerprint density at radius 2 is 1.52 bits per heavy atom. The van der Waals surface area contributed by atoms with Crippen LogP contribution < -0.4 is 0 Å². The molecule has 21 heavy (non-hydrogen) atoms. The van der Waals surface area contributed by atoms with Crippen LogP contribution in [0.3, 0.4) is 0 Å². The minimum atomic E-state index is -0.0302. The molecule has 1 heterocycles. The highest BCUT2D eigenvalue weighted by atomic mass is 35.5. The first kappa shape index (κ1) is 17.6. The van der Waals surface area contributed by atoms with Crippen molar-refractivity contribution < 1.29 is 9.59 Å². The molecular weight excluding hydrogens is 304 g/mol. The van der Waals surface area contributed by atoms with Gasteiger partial charge in [0.2, 0.25) is 0 Å². The van der Waals surface area contributed by atoms with Crippen molar-refractivity contribution in [2.24, 2.45) is 0 Å². The van der Waals surface area contributed by atoms with Gasteiger partial charge < -0.3 is 0 Å². The maximum Gasteiger partial charge on any atom is 0.173 e. The number of Topliss-reactive ketones (excluding diaryl/α,β-unsaturated/α-hetero) is 2. The smallest absolute Gasteiger partial charge is 0.173 e. The zero-order valence-corrected chi connectivity index (χ0v) is 14.1. The highest BCUT2D eigenvalue weighted by molar-refractivity contribution is 7.18. The van der Waals surface area contributed by atoms with Crippen LogP contribution in [0.4, 0.5) is 0 Å². The van der Waals surface area contributed by atoms with Gasteiger partial charge in [0.1, 0.15) is 0 Å². The lowest BCUT2D eigenvalue weighted by Crippen LogP contribution is -2.04. The molecule has 0 aliphatic carbocycles. The Labute approximate surface area is 134 Å². The van der Waals surface area contributed by atoms with E-state index in [2.05, 4.69) is 0 Å². The van der Waals surface area contributed by atoms with Gasteiger partial charge in [0, 0.05) is 18.4 Å². The van der Waals surface area contributed by atoms with E-state index in [0.717, 1.165) is 5.56 Å². The largest absolute Gasteiger partial charge is 0.294 e. The Kier molecular flexibility index (Phi) is 7.34. The Morgan fingerprint density at radius 1 is 0.952 bits per heavy atom. The standard InChI is InChI=1S/C15H13ClO2S.C2H6/c1-10-2-4-11(5-3-10)12(17)6-7-13(18)14-8-9-15(16)19-14;1-2/h2-5,8-9H,6-7H2,1H3;1-2H3. The van der Waals surface area contributed by atoms with Crippen LogP contribution in [0.5, 0.6) is 0 Å². The van der Waals surface area contributed by atoms with Crippen LogP contribution in [0.2, 0.25) is 4.34 Å². The molecule has 0 radical (unpaired) electrons. The minimum absolute atomic E-state index is 0.00370. The Balaban J connectivity index is 0.00000106. The zero-order valence-electron chi connectivity index (χ0n) is 12.5. The summed E-state index contributed by atoms with van der Waals surface area (Å²) >= 11 is 7.03. The maximum absolute atomic E-state index is 11.9. The topological polar surface area (TPSA) is 34.1 Å². The molecule has 1 aromatic carbocycles. The molecule has 0 atom stereocenters. The van der Waals surface area contributed by atoms with Crippen LogP contribution in [0.1, 0.15) is 52.3 Å². The summed E-state index contributed by atoms with van der Waals surface area (Å²) in [6.45, 7) is 5.97. The van der Waals surface area contributed by atoms with E-state index in [1.807, 2.05) is 32.9 Å². The van der Waals surface area contributed by atoms with E-state index in [9.17, 15) is 9.59 Å². The summed E-state index contributed by atoms with van der Waals surface area (Å²) in [6, 6.07) is 10.8. The van der Waals surface area contributed by atoms with Crippen LogP contribution in [0, 0.1) is 6.92 Å². The molecule has 0 unspecified atom stereocenters. The van der Waals surface area contributed by atoms with Crippen LogP contribution in [-0.4, -0.2) is 11.6 Å². The van der Waals surface area contributed by atoms with E-state index in [0.29, 0.717) is 14.8 Å². The van der Waals surface area contributed by atoms with Gasteiger partial charge in [-0.2, -0.15) is 0 Å². The summed E-state index contributed by atoms with van der Waals surface area (Å²) in [5, 5.41) is 0. The number of rotatable bonds is 5. The Bertz CT molecular complexity index is 600. The molecule has 112 valence electrons. The van der Waals surface area contributed by atoms with Gasteiger partial charge in [-0.3, -0.25) is 9.59 Å². The van der Waals surface area contributed by atoms with Gasteiger partial charge in [-0.25, -0.2) is 0 Å². The van der Waals surface area contributed by atoms with Crippen LogP contribution in [0.25, 0.3) is 0 Å². The van der Waals surface area contributed by atoms with Crippen molar-refractivity contribution in [2.45, 2.75) is 33.6 Å². The number of carbonyl (C=O) groups excluding carboxylic acids is 2. The number of benzene rings is 1. The molecular formula is C17H19ClO2S. The average molecular weight is 323 g/mol. The predicted octanol–water partition coefficient (Wildman–Crippen LogP) is 5.58. The van der Waals surface area contributed by atoms with Gasteiger partial charge in [-0.1, -0.05) is 55.3 Å². The fourth-order valence-electron chi connectivity index (χ4n) is 1.70. The lowest BCUT2D eigenvalue weighted by atomic mass is 10.0. The molecule has 0 N–H and O–H groups in total. The molecule has 2 nitrogen and oxygen atoms in total. The molecule has 1 aromatic heterocycles. The van der Waals surface area contributed by atoms with E-state index < -0.39 is 0 Å². The van der Waals surface area contributed by atoms with E-state index in [4.69, 9.17) is 11.6 Å². The number of hydrogen-bond donors (Lipinski definition) is 0. The molecule has 0 saturated heterocycles. The SMILES string of the molecule is CC.Cc1ccc(C(=O)CCC(=O)c2ccc(Cl)s2)cc1. The summed E-state index contributed by atoms with van der Waals surface area (Å²) in [7, 11) is 0. The van der Waals surface area contributed by atoms with Crippen molar-refractivity contribution in [3.63, 3.8) is 0 Å². The lowest BCUT2D eigenvalue weighted by Gasteiger charge is -2.01. The lowest BCUT2D eigenvalue weighted by molar-refractivity contribution is 0.0919. The second-order valence-corrected chi connectivity index (χ2v) is 6.03. The predicted molar refractivity (Wildman–Crippen MR) is 89.8 cm³/mol. The maximum atomic E-state index is 11.9. The zero-order chi connectivity index (χ0) is 15.8. The van der Waals surface area contributed by atoms with E-state index >= 15 is 0 Å². The van der Waals surface area contributed by atoms with Crippen molar-refractivity contribution in [3.8, 4) is 0 Å². The van der Waals surface area contributed by atoms with Crippen molar-refractivity contribution in [1.82, 2.24) is 0 Å². The first-order chi connectivity index (χ1) is 10.1. The number of halogens is 1. The average Bonchev–Trinajstić information content (AvgIpc) is 2.94. The van der Waals surface area contributed by atoms with Crippen molar-refractivity contribution in [3.05, 3.63) is 56.7 Å². The summed E-state index contributed by atoms with van der Waals surface area (Å²) in [5.74, 6) is -0.0339. The number of carbonyl (C=O) groups is 2. The van der Waals surface area contributed by atoms with Gasteiger partial charge >= 0.3 is 0 Å². The fourth-order valence-corrected chi connectivity index (χ4v) is 2.71. The number of ketones is 2. The molecule has 0 bridgehead atoms. The van der Waals surface area contributed by atoms with Crippen molar-refractivity contribution in [2.75, 3.05) is 0 Å². The first-order valence-corrected chi connectivity index (χ1v) is 8.14. The van der Waals surface area contributed by atoms with Gasteiger partial charge in [0.25, 0.3) is 0 Å². The summed E-state index contributed by atoms with van der Waals surface area (Å²) < 4.78 is 0.591. The minimum Gasteiger partial charge on any atom is -0.294 e. The molecule has 2 rings (SSSR count). The molecule has 4 heteroatoms. The Morgan fingerprint density at radius 3 is 2.05 bits per heavy atom. The number of thiophene rings is 1. The highest BCUT2D eigenvalue weighted by Gasteiger charge is 2.12. The third kappa shape index (κ3) is 5.44. The normalized spacial score (nSPS) is 9.71. The van der Waals surface area contributed by atoms with Gasteiger partial charge in [-0.05, 0) is 19.1 Å². The first-order valence-electron chi connectivity index (χ1n) is 6.94. The van der Waals surface area contributed by atoms with Crippen LogP contribution in [-0.2, 0) is 0 Å². The monoisotopic (exact) mass is 322 g/mol. The van der Waals surface area contributed by atoms with E-state index in [-0.39, 0.29) is 24.4 Å². The summed E-state index contributed by atoms with van der Waals surface area (Å²) in [6.07, 6.45) is 0.459.